The number of hydrogen-bond acceptors (Lipinski definition) is 10. The van der Waals surface area contributed by atoms with E-state index < -0.39 is 5.41 Å². The number of fused-ring (bicyclic) bond motifs is 1. The van der Waals surface area contributed by atoms with Crippen LogP contribution in [0.15, 0.2) is 55.0 Å². The third-order valence-corrected chi connectivity index (χ3v) is 10.2. The summed E-state index contributed by atoms with van der Waals surface area (Å²) in [4.78, 5) is 36.4. The highest BCUT2D eigenvalue weighted by Crippen LogP contribution is 2.45. The number of pyridine rings is 1. The van der Waals surface area contributed by atoms with E-state index in [-0.39, 0.29) is 11.9 Å². The molecule has 0 radical (unpaired) electrons. The van der Waals surface area contributed by atoms with Crippen LogP contribution >= 0.6 is 11.3 Å². The predicted molar refractivity (Wildman–Crippen MR) is 181 cm³/mol. The molecule has 2 fully saturated rings. The summed E-state index contributed by atoms with van der Waals surface area (Å²) in [5.74, 6) is 1.43. The summed E-state index contributed by atoms with van der Waals surface area (Å²) in [6.07, 6.45) is 9.35. The van der Waals surface area contributed by atoms with Crippen LogP contribution in [0.1, 0.15) is 48.7 Å². The average Bonchev–Trinajstić information content (AvgIpc) is 3.65. The van der Waals surface area contributed by atoms with Gasteiger partial charge in [-0.25, -0.2) is 19.9 Å². The van der Waals surface area contributed by atoms with Crippen LogP contribution in [0, 0.1) is 35.0 Å². The van der Waals surface area contributed by atoms with Crippen molar-refractivity contribution in [3.8, 4) is 34.5 Å². The lowest BCUT2D eigenvalue weighted by atomic mass is 10.0. The molecule has 1 aromatic carbocycles. The van der Waals surface area contributed by atoms with E-state index in [4.69, 9.17) is 19.9 Å². The molecule has 2 aliphatic rings. The van der Waals surface area contributed by atoms with Gasteiger partial charge >= 0.3 is 0 Å². The van der Waals surface area contributed by atoms with Gasteiger partial charge in [0.1, 0.15) is 33.5 Å². The predicted octanol–water partition coefficient (Wildman–Crippen LogP) is 5.81. The summed E-state index contributed by atoms with van der Waals surface area (Å²) in [5, 5.41) is 23.0. The lowest BCUT2D eigenvalue weighted by Gasteiger charge is -2.32. The third-order valence-electron chi connectivity index (χ3n) is 9.13. The van der Waals surface area contributed by atoms with Gasteiger partial charge in [0.05, 0.1) is 11.8 Å². The highest BCUT2D eigenvalue weighted by molar-refractivity contribution is 7.16. The average molecular weight is 643 g/mol. The lowest BCUT2D eigenvalue weighted by molar-refractivity contribution is -0.125. The van der Waals surface area contributed by atoms with Crippen molar-refractivity contribution in [1.29, 1.82) is 10.5 Å². The van der Waals surface area contributed by atoms with Gasteiger partial charge in [-0.05, 0) is 51.2 Å². The van der Waals surface area contributed by atoms with Crippen molar-refractivity contribution in [3.63, 3.8) is 0 Å². The SMILES string of the molecule is CCc1nc2ccc(-c3cnc(N4CCC(NC(=O)C5(C#N)CC5)CC4)nc3)cn2c1N(C)c1nc(-c2ccc(C)cc2)c(C#N)s1. The molecule has 7 rings (SSSR count). The Balaban J connectivity index is 1.10. The van der Waals surface area contributed by atoms with Gasteiger partial charge in [-0.1, -0.05) is 48.1 Å². The molecule has 12 heteroatoms. The summed E-state index contributed by atoms with van der Waals surface area (Å²) in [5.41, 5.74) is 5.54. The van der Waals surface area contributed by atoms with Crippen LogP contribution in [0.2, 0.25) is 0 Å². The molecule has 47 heavy (non-hydrogen) atoms. The monoisotopic (exact) mass is 642 g/mol. The summed E-state index contributed by atoms with van der Waals surface area (Å²) in [6, 6.07) is 16.7. The maximum absolute atomic E-state index is 12.5. The van der Waals surface area contributed by atoms with Crippen LogP contribution < -0.4 is 15.1 Å². The topological polar surface area (TPSA) is 139 Å². The minimum Gasteiger partial charge on any atom is -0.352 e. The Hall–Kier alpha value is -5.33. The molecular formula is C35H34N10OS. The van der Waals surface area contributed by atoms with Crippen molar-refractivity contribution in [2.45, 2.75) is 52.0 Å². The summed E-state index contributed by atoms with van der Waals surface area (Å²) in [7, 11) is 1.97. The number of carbonyl (C=O) groups is 1. The number of imidazole rings is 1. The maximum atomic E-state index is 12.5. The van der Waals surface area contributed by atoms with Gasteiger partial charge in [0.2, 0.25) is 11.9 Å². The second-order valence-corrected chi connectivity index (χ2v) is 13.3. The molecule has 236 valence electrons. The smallest absolute Gasteiger partial charge is 0.240 e. The van der Waals surface area contributed by atoms with Crippen LogP contribution in [-0.4, -0.2) is 56.4 Å². The van der Waals surface area contributed by atoms with Crippen LogP contribution in [0.3, 0.4) is 0 Å². The van der Waals surface area contributed by atoms with Gasteiger partial charge in [-0.15, -0.1) is 0 Å². The van der Waals surface area contributed by atoms with E-state index in [1.807, 2.05) is 73.9 Å². The van der Waals surface area contributed by atoms with Crippen LogP contribution in [-0.2, 0) is 11.2 Å². The largest absolute Gasteiger partial charge is 0.352 e. The Bertz CT molecular complexity index is 2040. The molecule has 11 nitrogen and oxygen atoms in total. The first-order chi connectivity index (χ1) is 22.8. The second-order valence-electron chi connectivity index (χ2n) is 12.3. The number of aryl methyl sites for hydroxylation is 2. The molecule has 0 bridgehead atoms. The number of rotatable bonds is 8. The van der Waals surface area contributed by atoms with Crippen molar-refractivity contribution in [2.75, 3.05) is 29.9 Å². The Labute approximate surface area is 277 Å². The highest BCUT2D eigenvalue weighted by atomic mass is 32.1. The lowest BCUT2D eigenvalue weighted by Crippen LogP contribution is -2.47. The van der Waals surface area contributed by atoms with Gasteiger partial charge in [0, 0.05) is 61.5 Å². The molecule has 5 aromatic rings. The molecule has 1 saturated heterocycles. The van der Waals surface area contributed by atoms with E-state index in [0.29, 0.717) is 34.5 Å². The highest BCUT2D eigenvalue weighted by Gasteiger charge is 2.51. The Morgan fingerprint density at radius 3 is 2.38 bits per heavy atom. The number of piperidine rings is 1. The van der Waals surface area contributed by atoms with Crippen molar-refractivity contribution in [3.05, 3.63) is 71.1 Å². The van der Waals surface area contributed by atoms with Crippen LogP contribution in [0.5, 0.6) is 0 Å². The number of nitrogens with one attached hydrogen (secondary N) is 1. The summed E-state index contributed by atoms with van der Waals surface area (Å²) < 4.78 is 2.07. The van der Waals surface area contributed by atoms with Crippen LogP contribution in [0.25, 0.3) is 28.0 Å². The normalized spacial score (nSPS) is 15.6. The molecule has 1 saturated carbocycles. The number of anilines is 3. The van der Waals surface area contributed by atoms with Gasteiger partial charge in [-0.2, -0.15) is 10.5 Å². The van der Waals surface area contributed by atoms with E-state index in [9.17, 15) is 15.3 Å². The van der Waals surface area contributed by atoms with Gasteiger partial charge < -0.3 is 15.1 Å². The zero-order chi connectivity index (χ0) is 32.7. The molecule has 1 N–H and O–H groups in total. The van der Waals surface area contributed by atoms with Crippen molar-refractivity contribution in [1.82, 2.24) is 29.7 Å². The van der Waals surface area contributed by atoms with Gasteiger partial charge in [0.15, 0.2) is 5.13 Å². The number of amides is 1. The van der Waals surface area contributed by atoms with Crippen molar-refractivity contribution < 1.29 is 4.79 Å². The van der Waals surface area contributed by atoms with Crippen molar-refractivity contribution >= 4 is 39.8 Å². The Kier molecular flexibility index (Phi) is 7.82. The molecule has 0 unspecified atom stereocenters. The molecule has 1 aliphatic carbocycles. The first-order valence-corrected chi connectivity index (χ1v) is 16.7. The minimum atomic E-state index is -0.795. The fourth-order valence-corrected chi connectivity index (χ4v) is 6.91. The van der Waals surface area contributed by atoms with Crippen molar-refractivity contribution in [2.24, 2.45) is 5.41 Å². The number of hydrogen-bond donors (Lipinski definition) is 1. The van der Waals surface area contributed by atoms with E-state index in [1.54, 1.807) is 0 Å². The zero-order valence-electron chi connectivity index (χ0n) is 26.6. The quantitative estimate of drug-likeness (QED) is 0.222. The number of nitriles is 2. The fourth-order valence-electron chi connectivity index (χ4n) is 6.07. The number of benzene rings is 1. The Morgan fingerprint density at radius 1 is 1.04 bits per heavy atom. The number of thiazole rings is 1. The molecule has 1 aliphatic heterocycles. The molecule has 4 aromatic heterocycles. The minimum absolute atomic E-state index is 0.0659. The number of nitrogens with zero attached hydrogens (tertiary/aromatic N) is 9. The number of aromatic nitrogens is 5. The van der Waals surface area contributed by atoms with E-state index in [0.717, 1.165) is 71.8 Å². The van der Waals surface area contributed by atoms with Crippen LogP contribution in [0.4, 0.5) is 16.9 Å². The Morgan fingerprint density at radius 2 is 1.74 bits per heavy atom. The van der Waals surface area contributed by atoms with E-state index >= 15 is 0 Å². The maximum Gasteiger partial charge on any atom is 0.240 e. The standard InChI is InChI=1S/C35H34N10OS/c1-4-27-31(43(3)34-42-30(28(17-36)47-34)23-7-5-22(2)6-8-23)45-20-24(9-10-29(45)41-27)25-18-38-33(39-19-25)44-15-11-26(12-16-44)40-32(46)35(21-37)13-14-35/h5-10,18-20,26H,4,11-16H2,1-3H3,(H,40,46). The second kappa shape index (κ2) is 12.1. The fraction of sp³-hybridized carbons (Fsp3) is 0.343. The molecule has 5 heterocycles. The third kappa shape index (κ3) is 5.66. The van der Waals surface area contributed by atoms with Gasteiger partial charge in [0.25, 0.3) is 0 Å². The number of carbonyl (C=O) groups excluding carboxylic acids is 1. The first kappa shape index (κ1) is 30.3. The summed E-state index contributed by atoms with van der Waals surface area (Å²) in [6.45, 7) is 5.59. The zero-order valence-corrected chi connectivity index (χ0v) is 27.4. The molecule has 0 spiro atoms. The molecule has 1 amide bonds. The van der Waals surface area contributed by atoms with E-state index in [2.05, 4.69) is 33.7 Å². The summed E-state index contributed by atoms with van der Waals surface area (Å²) >= 11 is 1.37. The first-order valence-electron chi connectivity index (χ1n) is 15.8. The van der Waals surface area contributed by atoms with E-state index in [1.165, 1.54) is 11.3 Å². The van der Waals surface area contributed by atoms with Gasteiger partial charge in [-0.3, -0.25) is 9.20 Å². The molecular weight excluding hydrogens is 609 g/mol. The molecule has 0 atom stereocenters.